The summed E-state index contributed by atoms with van der Waals surface area (Å²) in [7, 11) is 0. The standard InChI is InChI=1S/C23H26Cl3FN2O2/c24-23(25,26)21(31)29-22(12-17-6-8-19(27)9-7-17)13-18(14-22)15-28-10-2-4-16-3-1-5-20(30)11-16/h1,3,5-9,11,18,28,30H,2,4,10,12-15H2,(H,29,31). The molecule has 1 aliphatic rings. The van der Waals surface area contributed by atoms with Gasteiger partial charge in [-0.15, -0.1) is 0 Å². The number of carbonyl (C=O) groups is 1. The molecule has 0 atom stereocenters. The molecular formula is C23H26Cl3FN2O2. The highest BCUT2D eigenvalue weighted by atomic mass is 35.6. The molecule has 4 nitrogen and oxygen atoms in total. The van der Waals surface area contributed by atoms with Gasteiger partial charge in [0.25, 0.3) is 9.70 Å². The molecule has 0 bridgehead atoms. The van der Waals surface area contributed by atoms with Crippen LogP contribution in [-0.2, 0) is 17.6 Å². The number of benzene rings is 2. The van der Waals surface area contributed by atoms with Crippen molar-refractivity contribution in [1.29, 1.82) is 0 Å². The quantitative estimate of drug-likeness (QED) is 0.347. The molecule has 0 heterocycles. The minimum Gasteiger partial charge on any atom is -0.508 e. The van der Waals surface area contributed by atoms with E-state index in [4.69, 9.17) is 34.8 Å². The zero-order valence-corrected chi connectivity index (χ0v) is 19.3. The van der Waals surface area contributed by atoms with E-state index in [1.807, 2.05) is 12.1 Å². The fraction of sp³-hybridized carbons (Fsp3) is 0.435. The van der Waals surface area contributed by atoms with Gasteiger partial charge in [-0.2, -0.15) is 0 Å². The van der Waals surface area contributed by atoms with Gasteiger partial charge in [-0.3, -0.25) is 4.79 Å². The minimum atomic E-state index is -2.02. The van der Waals surface area contributed by atoms with E-state index in [2.05, 4.69) is 10.6 Å². The number of hydrogen-bond donors (Lipinski definition) is 3. The molecule has 1 aliphatic carbocycles. The van der Waals surface area contributed by atoms with Gasteiger partial charge in [0.2, 0.25) is 0 Å². The molecule has 3 N–H and O–H groups in total. The van der Waals surface area contributed by atoms with Crippen LogP contribution in [0.1, 0.15) is 30.4 Å². The van der Waals surface area contributed by atoms with Crippen LogP contribution in [0, 0.1) is 11.7 Å². The Morgan fingerprint density at radius 3 is 2.48 bits per heavy atom. The SMILES string of the molecule is O=C(NC1(Cc2ccc(F)cc2)CC(CNCCCc2cccc(O)c2)C1)C(Cl)(Cl)Cl. The van der Waals surface area contributed by atoms with Crippen LogP contribution in [0.25, 0.3) is 0 Å². The van der Waals surface area contributed by atoms with Gasteiger partial charge in [0.15, 0.2) is 0 Å². The van der Waals surface area contributed by atoms with Crippen molar-refractivity contribution in [2.24, 2.45) is 5.92 Å². The average Bonchev–Trinajstić information content (AvgIpc) is 2.67. The Morgan fingerprint density at radius 1 is 1.13 bits per heavy atom. The predicted octanol–water partition coefficient (Wildman–Crippen LogP) is 4.93. The second-order valence-electron chi connectivity index (χ2n) is 8.29. The summed E-state index contributed by atoms with van der Waals surface area (Å²) in [5.41, 5.74) is 1.52. The maximum atomic E-state index is 13.2. The number of alkyl halides is 3. The highest BCUT2D eigenvalue weighted by Gasteiger charge is 2.47. The van der Waals surface area contributed by atoms with Crippen molar-refractivity contribution in [2.75, 3.05) is 13.1 Å². The molecule has 0 aromatic heterocycles. The fourth-order valence-corrected chi connectivity index (χ4v) is 4.36. The summed E-state index contributed by atoms with van der Waals surface area (Å²) in [6, 6.07) is 13.5. The first kappa shape index (κ1) is 24.1. The Bertz CT molecular complexity index is 881. The second kappa shape index (κ2) is 10.4. The van der Waals surface area contributed by atoms with E-state index in [-0.39, 0.29) is 11.6 Å². The van der Waals surface area contributed by atoms with E-state index in [1.54, 1.807) is 24.3 Å². The van der Waals surface area contributed by atoms with Crippen molar-refractivity contribution in [2.45, 2.75) is 41.4 Å². The van der Waals surface area contributed by atoms with E-state index >= 15 is 0 Å². The summed E-state index contributed by atoms with van der Waals surface area (Å²) in [5, 5.41) is 15.9. The molecule has 0 unspecified atom stereocenters. The number of carbonyl (C=O) groups excluding carboxylic acids is 1. The molecule has 3 rings (SSSR count). The van der Waals surface area contributed by atoms with Gasteiger partial charge in [0, 0.05) is 5.54 Å². The summed E-state index contributed by atoms with van der Waals surface area (Å²) in [6.45, 7) is 1.69. The smallest absolute Gasteiger partial charge is 0.272 e. The molecule has 31 heavy (non-hydrogen) atoms. The van der Waals surface area contributed by atoms with Crippen molar-refractivity contribution < 1.29 is 14.3 Å². The highest BCUT2D eigenvalue weighted by molar-refractivity contribution is 6.76. The maximum absolute atomic E-state index is 13.2. The van der Waals surface area contributed by atoms with Gasteiger partial charge in [-0.1, -0.05) is 59.1 Å². The van der Waals surface area contributed by atoms with Crippen LogP contribution in [0.5, 0.6) is 5.75 Å². The van der Waals surface area contributed by atoms with Gasteiger partial charge < -0.3 is 15.7 Å². The molecule has 0 saturated heterocycles. The molecule has 1 saturated carbocycles. The summed E-state index contributed by atoms with van der Waals surface area (Å²) in [6.07, 6.45) is 3.89. The van der Waals surface area contributed by atoms with Crippen LogP contribution in [0.2, 0.25) is 0 Å². The van der Waals surface area contributed by atoms with Crippen molar-refractivity contribution in [3.8, 4) is 5.75 Å². The maximum Gasteiger partial charge on any atom is 0.272 e. The second-order valence-corrected chi connectivity index (χ2v) is 10.6. The van der Waals surface area contributed by atoms with Crippen LogP contribution in [0.15, 0.2) is 48.5 Å². The number of nitrogens with one attached hydrogen (secondary N) is 2. The van der Waals surface area contributed by atoms with Gasteiger partial charge in [0.05, 0.1) is 0 Å². The van der Waals surface area contributed by atoms with Gasteiger partial charge in [-0.25, -0.2) is 4.39 Å². The van der Waals surface area contributed by atoms with Crippen molar-refractivity contribution in [3.63, 3.8) is 0 Å². The Balaban J connectivity index is 1.48. The molecular weight excluding hydrogens is 462 g/mol. The lowest BCUT2D eigenvalue weighted by atomic mass is 9.65. The predicted molar refractivity (Wildman–Crippen MR) is 123 cm³/mol. The number of halogens is 4. The number of phenolic OH excluding ortho intramolecular Hbond substituents is 1. The summed E-state index contributed by atoms with van der Waals surface area (Å²) in [4.78, 5) is 12.3. The first-order valence-electron chi connectivity index (χ1n) is 10.3. The lowest BCUT2D eigenvalue weighted by Crippen LogP contribution is -2.62. The van der Waals surface area contributed by atoms with Crippen LogP contribution in [0.3, 0.4) is 0 Å². The van der Waals surface area contributed by atoms with Crippen molar-refractivity contribution >= 4 is 40.7 Å². The lowest BCUT2D eigenvalue weighted by molar-refractivity contribution is -0.124. The number of hydrogen-bond acceptors (Lipinski definition) is 3. The third kappa shape index (κ3) is 7.25. The van der Waals surface area contributed by atoms with Crippen molar-refractivity contribution in [1.82, 2.24) is 10.6 Å². The van der Waals surface area contributed by atoms with Crippen LogP contribution < -0.4 is 10.6 Å². The number of aromatic hydroxyl groups is 1. The lowest BCUT2D eigenvalue weighted by Gasteiger charge is -2.49. The molecule has 8 heteroatoms. The number of amides is 1. The molecule has 0 spiro atoms. The normalized spacial score (nSPS) is 20.8. The van der Waals surface area contributed by atoms with Crippen molar-refractivity contribution in [3.05, 3.63) is 65.5 Å². The third-order valence-corrected chi connectivity index (χ3v) is 6.13. The topological polar surface area (TPSA) is 61.4 Å². The van der Waals surface area contributed by atoms with E-state index in [0.29, 0.717) is 12.3 Å². The number of rotatable bonds is 9. The number of aryl methyl sites for hydroxylation is 1. The van der Waals surface area contributed by atoms with Crippen LogP contribution >= 0.6 is 34.8 Å². The highest BCUT2D eigenvalue weighted by Crippen LogP contribution is 2.41. The number of phenols is 1. The van der Waals surface area contributed by atoms with Crippen LogP contribution in [-0.4, -0.2) is 33.4 Å². The van der Waals surface area contributed by atoms with E-state index in [1.165, 1.54) is 12.1 Å². The largest absolute Gasteiger partial charge is 0.508 e. The van der Waals surface area contributed by atoms with Gasteiger partial charge in [0.1, 0.15) is 11.6 Å². The zero-order chi connectivity index (χ0) is 22.5. The molecule has 2 aromatic rings. The summed E-state index contributed by atoms with van der Waals surface area (Å²) in [5.74, 6) is -0.270. The molecule has 0 aliphatic heterocycles. The fourth-order valence-electron chi connectivity index (χ4n) is 4.22. The Kier molecular flexibility index (Phi) is 8.08. The van der Waals surface area contributed by atoms with Gasteiger partial charge >= 0.3 is 0 Å². The van der Waals surface area contributed by atoms with Crippen LogP contribution in [0.4, 0.5) is 4.39 Å². The monoisotopic (exact) mass is 486 g/mol. The third-order valence-electron chi connectivity index (χ3n) is 5.61. The Morgan fingerprint density at radius 2 is 1.84 bits per heavy atom. The molecule has 2 aromatic carbocycles. The van der Waals surface area contributed by atoms with E-state index in [0.717, 1.165) is 49.9 Å². The molecule has 168 valence electrons. The summed E-state index contributed by atoms with van der Waals surface area (Å²) >= 11 is 17.3. The first-order chi connectivity index (χ1) is 14.7. The van der Waals surface area contributed by atoms with E-state index in [9.17, 15) is 14.3 Å². The Labute approximate surface area is 197 Å². The molecule has 0 radical (unpaired) electrons. The van der Waals surface area contributed by atoms with Gasteiger partial charge in [-0.05, 0) is 86.5 Å². The zero-order valence-electron chi connectivity index (χ0n) is 17.0. The minimum absolute atomic E-state index is 0.286. The Hall–Kier alpha value is -1.53. The van der Waals surface area contributed by atoms with E-state index < -0.39 is 15.2 Å². The molecule has 1 fully saturated rings. The molecule has 1 amide bonds. The first-order valence-corrected chi connectivity index (χ1v) is 11.4. The summed E-state index contributed by atoms with van der Waals surface area (Å²) < 4.78 is 11.2. The average molecular weight is 488 g/mol.